The lowest BCUT2D eigenvalue weighted by atomic mass is 9.81. The van der Waals surface area contributed by atoms with Gasteiger partial charge >= 0.3 is 6.61 Å². The van der Waals surface area contributed by atoms with E-state index >= 15 is 0 Å². The Morgan fingerprint density at radius 1 is 1.26 bits per heavy atom. The predicted octanol–water partition coefficient (Wildman–Crippen LogP) is 3.21. The Bertz CT molecular complexity index is 562. The van der Waals surface area contributed by atoms with Crippen molar-refractivity contribution in [2.45, 2.75) is 57.6 Å². The van der Waals surface area contributed by atoms with Crippen LogP contribution in [0.15, 0.2) is 6.07 Å². The second kappa shape index (κ2) is 6.84. The molecule has 2 fully saturated rings. The molecule has 0 bridgehead atoms. The molecule has 1 saturated heterocycles. The van der Waals surface area contributed by atoms with Gasteiger partial charge in [0.1, 0.15) is 0 Å². The molecule has 1 aromatic heterocycles. The SMILES string of the molecule is Cn1nc(C(=O)N2CCCC[C@@H]3CCCC[C@@H]32)cc1OC(F)F. The van der Waals surface area contributed by atoms with Crippen molar-refractivity contribution in [2.75, 3.05) is 6.54 Å². The molecule has 3 rings (SSSR count). The maximum absolute atomic E-state index is 12.9. The highest BCUT2D eigenvalue weighted by molar-refractivity contribution is 5.93. The summed E-state index contributed by atoms with van der Waals surface area (Å²) >= 11 is 0. The average molecular weight is 327 g/mol. The molecule has 23 heavy (non-hydrogen) atoms. The van der Waals surface area contributed by atoms with Gasteiger partial charge in [-0.15, -0.1) is 0 Å². The van der Waals surface area contributed by atoms with Crippen molar-refractivity contribution in [3.63, 3.8) is 0 Å². The summed E-state index contributed by atoms with van der Waals surface area (Å²) in [6.45, 7) is -2.20. The summed E-state index contributed by atoms with van der Waals surface area (Å²) in [7, 11) is 1.50. The van der Waals surface area contributed by atoms with E-state index in [9.17, 15) is 13.6 Å². The molecule has 0 aromatic carbocycles. The van der Waals surface area contributed by atoms with Gasteiger partial charge in [0, 0.05) is 25.7 Å². The van der Waals surface area contributed by atoms with Gasteiger partial charge < -0.3 is 9.64 Å². The summed E-state index contributed by atoms with van der Waals surface area (Å²) < 4.78 is 30.3. The number of fused-ring (bicyclic) bond motifs is 1. The lowest BCUT2D eigenvalue weighted by molar-refractivity contribution is -0.0553. The van der Waals surface area contributed by atoms with Crippen molar-refractivity contribution in [3.8, 4) is 5.88 Å². The first-order valence-electron chi connectivity index (χ1n) is 8.36. The third-order valence-electron chi connectivity index (χ3n) is 5.02. The molecule has 7 heteroatoms. The molecule has 2 heterocycles. The molecule has 1 saturated carbocycles. The second-order valence-electron chi connectivity index (χ2n) is 6.48. The van der Waals surface area contributed by atoms with Crippen LogP contribution in [0.2, 0.25) is 0 Å². The molecular formula is C16H23F2N3O2. The summed E-state index contributed by atoms with van der Waals surface area (Å²) in [6.07, 6.45) is 7.90. The molecule has 1 amide bonds. The minimum Gasteiger partial charge on any atom is -0.417 e. The van der Waals surface area contributed by atoms with Crippen LogP contribution >= 0.6 is 0 Å². The van der Waals surface area contributed by atoms with E-state index in [1.807, 2.05) is 4.90 Å². The lowest BCUT2D eigenvalue weighted by Gasteiger charge is -2.37. The number of likely N-dealkylation sites (tertiary alicyclic amines) is 1. The summed E-state index contributed by atoms with van der Waals surface area (Å²) in [4.78, 5) is 14.8. The van der Waals surface area contributed by atoms with E-state index < -0.39 is 6.61 Å². The summed E-state index contributed by atoms with van der Waals surface area (Å²) in [5.74, 6) is 0.317. The Balaban J connectivity index is 1.80. The zero-order chi connectivity index (χ0) is 16.4. The van der Waals surface area contributed by atoms with Crippen molar-refractivity contribution >= 4 is 5.91 Å². The number of hydrogen-bond acceptors (Lipinski definition) is 3. The maximum atomic E-state index is 12.9. The number of rotatable bonds is 3. The number of aromatic nitrogens is 2. The maximum Gasteiger partial charge on any atom is 0.388 e. The van der Waals surface area contributed by atoms with Crippen LogP contribution < -0.4 is 4.74 Å². The molecule has 128 valence electrons. The molecular weight excluding hydrogens is 304 g/mol. The van der Waals surface area contributed by atoms with Gasteiger partial charge in [0.05, 0.1) is 0 Å². The second-order valence-corrected chi connectivity index (χ2v) is 6.48. The molecule has 0 N–H and O–H groups in total. The van der Waals surface area contributed by atoms with Crippen LogP contribution in [0.5, 0.6) is 5.88 Å². The molecule has 0 spiro atoms. The zero-order valence-electron chi connectivity index (χ0n) is 13.4. The number of hydrogen-bond donors (Lipinski definition) is 0. The van der Waals surface area contributed by atoms with Gasteiger partial charge in [-0.05, 0) is 31.6 Å². The number of carbonyl (C=O) groups excluding carboxylic acids is 1. The minimum absolute atomic E-state index is 0.0848. The van der Waals surface area contributed by atoms with Crippen molar-refractivity contribution in [1.29, 1.82) is 0 Å². The number of amides is 1. The Labute approximate surface area is 134 Å². The minimum atomic E-state index is -2.92. The van der Waals surface area contributed by atoms with Gasteiger partial charge in [-0.3, -0.25) is 4.79 Å². The first-order chi connectivity index (χ1) is 11.1. The van der Waals surface area contributed by atoms with Gasteiger partial charge in [-0.2, -0.15) is 13.9 Å². The Kier molecular flexibility index (Phi) is 4.82. The van der Waals surface area contributed by atoms with Gasteiger partial charge in [0.15, 0.2) is 5.69 Å². The third-order valence-corrected chi connectivity index (χ3v) is 5.02. The summed E-state index contributed by atoms with van der Waals surface area (Å²) in [6, 6.07) is 1.58. The predicted molar refractivity (Wildman–Crippen MR) is 80.5 cm³/mol. The van der Waals surface area contributed by atoms with Crippen LogP contribution in [0.25, 0.3) is 0 Å². The zero-order valence-corrected chi connectivity index (χ0v) is 13.4. The molecule has 1 aliphatic carbocycles. The first kappa shape index (κ1) is 16.2. The lowest BCUT2D eigenvalue weighted by Crippen LogP contribution is -2.45. The molecule has 5 nitrogen and oxygen atoms in total. The van der Waals surface area contributed by atoms with Crippen molar-refractivity contribution in [2.24, 2.45) is 13.0 Å². The van der Waals surface area contributed by atoms with Crippen molar-refractivity contribution in [3.05, 3.63) is 11.8 Å². The van der Waals surface area contributed by atoms with Crippen molar-refractivity contribution in [1.82, 2.24) is 14.7 Å². The molecule has 0 radical (unpaired) electrons. The Morgan fingerprint density at radius 2 is 1.96 bits per heavy atom. The van der Waals surface area contributed by atoms with Crippen LogP contribution in [0.4, 0.5) is 8.78 Å². The normalized spacial score (nSPS) is 25.1. The highest BCUT2D eigenvalue weighted by atomic mass is 19.3. The van der Waals surface area contributed by atoms with E-state index in [1.54, 1.807) is 0 Å². The Morgan fingerprint density at radius 3 is 2.70 bits per heavy atom. The molecule has 2 atom stereocenters. The number of alkyl halides is 2. The number of aryl methyl sites for hydroxylation is 1. The van der Waals surface area contributed by atoms with E-state index in [2.05, 4.69) is 9.84 Å². The highest BCUT2D eigenvalue weighted by Gasteiger charge is 2.35. The first-order valence-corrected chi connectivity index (χ1v) is 8.36. The molecule has 2 aliphatic rings. The van der Waals surface area contributed by atoms with E-state index in [-0.39, 0.29) is 23.5 Å². The van der Waals surface area contributed by atoms with E-state index in [0.29, 0.717) is 5.92 Å². The quantitative estimate of drug-likeness (QED) is 0.856. The van der Waals surface area contributed by atoms with Crippen LogP contribution in [0, 0.1) is 5.92 Å². The summed E-state index contributed by atoms with van der Waals surface area (Å²) in [5, 5.41) is 4.07. The standard InChI is InChI=1S/C16H23F2N3O2/c1-20-14(23-16(17)18)10-12(19-20)15(22)21-9-5-4-7-11-6-2-3-8-13(11)21/h10-11,13,16H,2-9H2,1H3/t11-,13-/m0/s1. The highest BCUT2D eigenvalue weighted by Crippen LogP contribution is 2.35. The number of halogens is 2. The van der Waals surface area contributed by atoms with Gasteiger partial charge in [-0.25, -0.2) is 4.68 Å². The fraction of sp³-hybridized carbons (Fsp3) is 0.750. The third kappa shape index (κ3) is 3.48. The number of carbonyl (C=O) groups is 1. The largest absolute Gasteiger partial charge is 0.417 e. The van der Waals surface area contributed by atoms with E-state index in [0.717, 1.165) is 32.2 Å². The van der Waals surface area contributed by atoms with Gasteiger partial charge in [-0.1, -0.05) is 19.3 Å². The van der Waals surface area contributed by atoms with Crippen molar-refractivity contribution < 1.29 is 18.3 Å². The number of nitrogens with zero attached hydrogens (tertiary/aromatic N) is 3. The Hall–Kier alpha value is -1.66. The van der Waals surface area contributed by atoms with E-state index in [1.165, 1.54) is 37.1 Å². The van der Waals surface area contributed by atoms with Crippen LogP contribution in [-0.4, -0.2) is 39.8 Å². The van der Waals surface area contributed by atoms with Crippen LogP contribution in [0.3, 0.4) is 0 Å². The van der Waals surface area contributed by atoms with Gasteiger partial charge in [0.2, 0.25) is 5.88 Å². The van der Waals surface area contributed by atoms with E-state index in [4.69, 9.17) is 0 Å². The summed E-state index contributed by atoms with van der Waals surface area (Å²) in [5.41, 5.74) is 0.189. The fourth-order valence-electron chi connectivity index (χ4n) is 3.95. The fourth-order valence-corrected chi connectivity index (χ4v) is 3.95. The van der Waals surface area contributed by atoms with Crippen LogP contribution in [-0.2, 0) is 7.05 Å². The molecule has 1 aliphatic heterocycles. The smallest absolute Gasteiger partial charge is 0.388 e. The molecule has 0 unspecified atom stereocenters. The molecule has 1 aromatic rings. The van der Waals surface area contributed by atoms with Gasteiger partial charge in [0.25, 0.3) is 5.91 Å². The monoisotopic (exact) mass is 327 g/mol. The van der Waals surface area contributed by atoms with Crippen LogP contribution in [0.1, 0.15) is 55.4 Å². The average Bonchev–Trinajstić information content (AvgIpc) is 2.76. The number of ether oxygens (including phenoxy) is 1. The topological polar surface area (TPSA) is 47.4 Å².